The fraction of sp³-hybridized carbons (Fsp3) is 0.513. The van der Waals surface area contributed by atoms with Crippen molar-refractivity contribution in [2.24, 2.45) is 5.41 Å². The lowest BCUT2D eigenvalue weighted by molar-refractivity contribution is -0.137. The summed E-state index contributed by atoms with van der Waals surface area (Å²) in [6, 6.07) is 13.0. The zero-order valence-electron chi connectivity index (χ0n) is 29.0. The predicted molar refractivity (Wildman–Crippen MR) is 190 cm³/mol. The number of thiophene rings is 1. The molecule has 12 heteroatoms. The highest BCUT2D eigenvalue weighted by Gasteiger charge is 2.58. The molecule has 0 radical (unpaired) electrons. The number of benzene rings is 2. The molecule has 51 heavy (non-hydrogen) atoms. The van der Waals surface area contributed by atoms with Crippen LogP contribution in [0.1, 0.15) is 104 Å². The molecule has 5 unspecified atom stereocenters. The number of ether oxygens (including phenoxy) is 1. The number of sulfonamides is 1. The highest BCUT2D eigenvalue weighted by molar-refractivity contribution is 7.91. The second-order valence-corrected chi connectivity index (χ2v) is 17.8. The van der Waals surface area contributed by atoms with Crippen LogP contribution in [0.2, 0.25) is 0 Å². The summed E-state index contributed by atoms with van der Waals surface area (Å²) in [6.07, 6.45) is 1.11. The van der Waals surface area contributed by atoms with Crippen molar-refractivity contribution in [1.29, 1.82) is 0 Å². The Kier molecular flexibility index (Phi) is 11.0. The molecule has 276 valence electrons. The van der Waals surface area contributed by atoms with Gasteiger partial charge in [-0.3, -0.25) is 4.79 Å². The van der Waals surface area contributed by atoms with Gasteiger partial charge in [-0.05, 0) is 111 Å². The lowest BCUT2D eigenvalue weighted by Gasteiger charge is -2.46. The Morgan fingerprint density at radius 2 is 1.88 bits per heavy atom. The quantitative estimate of drug-likeness (QED) is 0.180. The van der Waals surface area contributed by atoms with Crippen LogP contribution < -0.4 is 0 Å². The molecular formula is C39H46F3NO6S2. The van der Waals surface area contributed by atoms with Crippen molar-refractivity contribution < 1.29 is 41.3 Å². The molecule has 2 fully saturated rings. The molecule has 1 saturated heterocycles. The fourth-order valence-corrected chi connectivity index (χ4v) is 11.0. The van der Waals surface area contributed by atoms with Crippen LogP contribution in [0, 0.1) is 5.41 Å². The minimum atomic E-state index is -4.64. The van der Waals surface area contributed by atoms with E-state index in [0.717, 1.165) is 35.5 Å². The molecule has 3 aliphatic carbocycles. The summed E-state index contributed by atoms with van der Waals surface area (Å²) in [4.78, 5) is 14.3. The SMILES string of the molecule is CC1=CCCC2(C)C(CCC2(O)CN(CC2CCCO2)S(=O)(=O)c2cccs2)c2ccc(cc2C(=O)c2cccc(C(F)(F)F)c2)CC(O)CC1. The monoisotopic (exact) mass is 745 g/mol. The van der Waals surface area contributed by atoms with E-state index in [4.69, 9.17) is 4.74 Å². The van der Waals surface area contributed by atoms with Crippen molar-refractivity contribution in [3.63, 3.8) is 0 Å². The molecule has 1 saturated carbocycles. The third kappa shape index (κ3) is 7.91. The molecule has 2 bridgehead atoms. The van der Waals surface area contributed by atoms with Gasteiger partial charge in [0.1, 0.15) is 4.21 Å². The standard InChI is InChI=1S/C39H46F3NO6S2/c1-26-7-4-17-37(2)34(16-18-38(37,46)25-43(24-31-10-5-19-49-31)51(47,48)35-11-6-20-50-35)32-15-13-27(21-30(44)14-12-26)22-33(32)36(45)28-8-3-9-29(23-28)39(40,41)42/h3,6-9,11,13,15,20,22-23,30-31,34,44,46H,4-5,10,12,14,16-19,21,24-25H2,1-2H3. The van der Waals surface area contributed by atoms with Gasteiger partial charge in [0.25, 0.3) is 10.0 Å². The predicted octanol–water partition coefficient (Wildman–Crippen LogP) is 7.91. The van der Waals surface area contributed by atoms with Gasteiger partial charge in [-0.15, -0.1) is 11.3 Å². The number of carbonyl (C=O) groups is 1. The van der Waals surface area contributed by atoms with Crippen LogP contribution in [-0.2, 0) is 27.4 Å². The number of allylic oxidation sites excluding steroid dienone is 2. The van der Waals surface area contributed by atoms with Gasteiger partial charge in [0.2, 0.25) is 0 Å². The maximum atomic E-state index is 14.3. The average molecular weight is 746 g/mol. The maximum Gasteiger partial charge on any atom is 0.416 e. The van der Waals surface area contributed by atoms with Gasteiger partial charge in [-0.2, -0.15) is 17.5 Å². The van der Waals surface area contributed by atoms with Gasteiger partial charge in [0, 0.05) is 36.2 Å². The molecule has 1 aliphatic heterocycles. The van der Waals surface area contributed by atoms with Gasteiger partial charge in [-0.1, -0.05) is 48.9 Å². The van der Waals surface area contributed by atoms with Crippen molar-refractivity contribution in [3.8, 4) is 0 Å². The minimum Gasteiger partial charge on any atom is -0.393 e. The van der Waals surface area contributed by atoms with Crippen LogP contribution in [0.4, 0.5) is 13.2 Å². The third-order valence-corrected chi connectivity index (χ3v) is 14.5. The Morgan fingerprint density at radius 3 is 2.59 bits per heavy atom. The second-order valence-electron chi connectivity index (χ2n) is 14.7. The zero-order chi connectivity index (χ0) is 36.6. The van der Waals surface area contributed by atoms with Gasteiger partial charge in [0.15, 0.2) is 5.78 Å². The molecule has 3 aromatic rings. The van der Waals surface area contributed by atoms with Gasteiger partial charge >= 0.3 is 6.18 Å². The first-order valence-electron chi connectivity index (χ1n) is 17.7. The van der Waals surface area contributed by atoms with Crippen LogP contribution in [0.25, 0.3) is 0 Å². The first-order valence-corrected chi connectivity index (χ1v) is 20.0. The van der Waals surface area contributed by atoms with Gasteiger partial charge < -0.3 is 14.9 Å². The Morgan fingerprint density at radius 1 is 1.08 bits per heavy atom. The number of fused-ring (bicyclic) bond motifs is 8. The number of hydrogen-bond donors (Lipinski definition) is 2. The summed E-state index contributed by atoms with van der Waals surface area (Å²) in [5, 5.41) is 25.5. The number of halogens is 3. The normalized spacial score (nSPS) is 27.7. The van der Waals surface area contributed by atoms with Crippen molar-refractivity contribution in [1.82, 2.24) is 4.31 Å². The molecule has 2 heterocycles. The molecule has 2 N–H and O–H groups in total. The Labute approximate surface area is 302 Å². The molecule has 0 amide bonds. The summed E-state index contributed by atoms with van der Waals surface area (Å²) >= 11 is 1.12. The topological polar surface area (TPSA) is 104 Å². The first kappa shape index (κ1) is 37.9. The van der Waals surface area contributed by atoms with Crippen LogP contribution in [0.3, 0.4) is 0 Å². The van der Waals surface area contributed by atoms with E-state index < -0.39 is 50.6 Å². The van der Waals surface area contributed by atoms with Crippen LogP contribution >= 0.6 is 11.3 Å². The number of alkyl halides is 3. The fourth-order valence-electron chi connectivity index (χ4n) is 8.28. The van der Waals surface area contributed by atoms with E-state index in [9.17, 15) is 36.6 Å². The largest absolute Gasteiger partial charge is 0.416 e. The summed E-state index contributed by atoms with van der Waals surface area (Å²) in [5.41, 5.74) is -0.901. The maximum absolute atomic E-state index is 14.3. The first-order chi connectivity index (χ1) is 24.1. The van der Waals surface area contributed by atoms with E-state index in [0.29, 0.717) is 56.3 Å². The van der Waals surface area contributed by atoms with E-state index in [2.05, 4.69) is 6.08 Å². The number of carbonyl (C=O) groups excluding carboxylic acids is 1. The molecule has 7 nitrogen and oxygen atoms in total. The molecule has 1 aromatic heterocycles. The molecule has 0 spiro atoms. The Balaban J connectivity index is 1.45. The molecular weight excluding hydrogens is 700 g/mol. The summed E-state index contributed by atoms with van der Waals surface area (Å²) < 4.78 is 76.9. The minimum absolute atomic E-state index is 0.0958. The lowest BCUT2D eigenvalue weighted by Crippen LogP contribution is -2.54. The van der Waals surface area contributed by atoms with Crippen molar-refractivity contribution in [3.05, 3.63) is 99.4 Å². The highest BCUT2D eigenvalue weighted by Crippen LogP contribution is 2.59. The zero-order valence-corrected chi connectivity index (χ0v) is 30.6. The smallest absolute Gasteiger partial charge is 0.393 e. The van der Waals surface area contributed by atoms with Crippen molar-refractivity contribution >= 4 is 27.1 Å². The number of rotatable bonds is 8. The van der Waals surface area contributed by atoms with E-state index >= 15 is 0 Å². The van der Waals surface area contributed by atoms with Crippen molar-refractivity contribution in [2.45, 2.75) is 106 Å². The lowest BCUT2D eigenvalue weighted by atomic mass is 9.64. The molecule has 7 rings (SSSR count). The van der Waals surface area contributed by atoms with E-state index in [1.165, 1.54) is 16.4 Å². The number of aliphatic hydroxyl groups is 2. The third-order valence-electron chi connectivity index (χ3n) is 11.3. The molecule has 4 aliphatic rings. The summed E-state index contributed by atoms with van der Waals surface area (Å²) in [5.74, 6) is -1.01. The van der Waals surface area contributed by atoms with Crippen molar-refractivity contribution in [2.75, 3.05) is 19.7 Å². The van der Waals surface area contributed by atoms with E-state index in [1.807, 2.05) is 26.0 Å². The highest BCUT2D eigenvalue weighted by atomic mass is 32.2. The Bertz CT molecular complexity index is 1850. The molecule has 2 aromatic carbocycles. The Hall–Kier alpha value is -2.87. The number of ketones is 1. The van der Waals surface area contributed by atoms with Crippen LogP contribution in [0.5, 0.6) is 0 Å². The molecule has 5 atom stereocenters. The summed E-state index contributed by atoms with van der Waals surface area (Å²) in [7, 11) is -3.99. The van der Waals surface area contributed by atoms with Crippen LogP contribution in [0.15, 0.2) is 75.8 Å². The summed E-state index contributed by atoms with van der Waals surface area (Å²) in [6.45, 7) is 4.43. The van der Waals surface area contributed by atoms with Gasteiger partial charge in [-0.25, -0.2) is 8.42 Å². The van der Waals surface area contributed by atoms with E-state index in [-0.39, 0.29) is 47.4 Å². The number of hydrogen-bond acceptors (Lipinski definition) is 7. The van der Waals surface area contributed by atoms with Crippen LogP contribution in [-0.4, -0.2) is 66.2 Å². The average Bonchev–Trinajstić information content (AvgIpc) is 3.86. The second kappa shape index (κ2) is 14.9. The van der Waals surface area contributed by atoms with E-state index in [1.54, 1.807) is 23.6 Å². The number of aliphatic hydroxyl groups excluding tert-OH is 1. The van der Waals surface area contributed by atoms with Gasteiger partial charge in [0.05, 0.1) is 23.4 Å². The number of nitrogens with zero attached hydrogens (tertiary/aromatic N) is 1.